The van der Waals surface area contributed by atoms with Crippen LogP contribution < -0.4 is 0 Å². The van der Waals surface area contributed by atoms with E-state index < -0.39 is 16.1 Å². The van der Waals surface area contributed by atoms with Crippen molar-refractivity contribution in [3.8, 4) is 11.3 Å². The van der Waals surface area contributed by atoms with Crippen LogP contribution in [-0.2, 0) is 16.6 Å². The monoisotopic (exact) mass is 366 g/mol. The first-order valence-electron chi connectivity index (χ1n) is 8.02. The summed E-state index contributed by atoms with van der Waals surface area (Å²) in [5, 5.41) is 14.2. The lowest BCUT2D eigenvalue weighted by atomic mass is 10.1. The third kappa shape index (κ3) is 4.24. The summed E-state index contributed by atoms with van der Waals surface area (Å²) in [4.78, 5) is 5.96. The van der Waals surface area contributed by atoms with Crippen LogP contribution in [0.3, 0.4) is 0 Å². The average Bonchev–Trinajstić information content (AvgIpc) is 3.15. The Morgan fingerprint density at radius 2 is 2.04 bits per heavy atom. The minimum Gasteiger partial charge on any atom is -0.391 e. The molecule has 0 aromatic carbocycles. The Kier molecular flexibility index (Phi) is 5.19. The van der Waals surface area contributed by atoms with Gasteiger partial charge in [-0.2, -0.15) is 0 Å². The van der Waals surface area contributed by atoms with Gasteiger partial charge in [0, 0.05) is 57.1 Å². The van der Waals surface area contributed by atoms with Gasteiger partial charge in [-0.05, 0) is 12.1 Å². The van der Waals surface area contributed by atoms with Crippen molar-refractivity contribution in [2.45, 2.75) is 12.6 Å². The van der Waals surface area contributed by atoms with E-state index in [4.69, 9.17) is 4.52 Å². The maximum atomic E-state index is 12.0. The molecule has 1 fully saturated rings. The zero-order valence-corrected chi connectivity index (χ0v) is 15.1. The van der Waals surface area contributed by atoms with Gasteiger partial charge in [0.25, 0.3) is 0 Å². The van der Waals surface area contributed by atoms with Gasteiger partial charge in [0.1, 0.15) is 5.69 Å². The summed E-state index contributed by atoms with van der Waals surface area (Å²) in [5.41, 5.74) is 1.64. The Morgan fingerprint density at radius 1 is 1.32 bits per heavy atom. The molecule has 1 aliphatic heterocycles. The molecule has 3 rings (SSSR count). The molecule has 8 nitrogen and oxygen atoms in total. The van der Waals surface area contributed by atoms with E-state index in [1.165, 1.54) is 18.4 Å². The van der Waals surface area contributed by atoms with Gasteiger partial charge >= 0.3 is 0 Å². The van der Waals surface area contributed by atoms with Gasteiger partial charge in [-0.1, -0.05) is 5.16 Å². The molecule has 2 aromatic heterocycles. The van der Waals surface area contributed by atoms with E-state index in [9.17, 15) is 13.5 Å². The molecule has 1 aliphatic rings. The van der Waals surface area contributed by atoms with E-state index in [2.05, 4.69) is 10.1 Å². The van der Waals surface area contributed by atoms with Crippen molar-refractivity contribution in [3.05, 3.63) is 36.4 Å². The zero-order valence-electron chi connectivity index (χ0n) is 14.2. The molecule has 0 unspecified atom stereocenters. The molecular formula is C16H22N4O4S. The molecule has 136 valence electrons. The van der Waals surface area contributed by atoms with Gasteiger partial charge in [0.2, 0.25) is 10.0 Å². The van der Waals surface area contributed by atoms with Crippen molar-refractivity contribution in [1.82, 2.24) is 19.3 Å². The van der Waals surface area contributed by atoms with Crippen LogP contribution in [0, 0.1) is 5.92 Å². The Morgan fingerprint density at radius 3 is 2.72 bits per heavy atom. The lowest BCUT2D eigenvalue weighted by molar-refractivity contribution is 0.146. The maximum Gasteiger partial charge on any atom is 0.214 e. The molecule has 25 heavy (non-hydrogen) atoms. The van der Waals surface area contributed by atoms with Gasteiger partial charge in [0.05, 0.1) is 18.4 Å². The SMILES string of the molecule is CN(C)S(=O)(=O)C[C@@H]1CN(Cc2cc(-c3ccncc3)no2)C[C@@H]1O. The van der Waals surface area contributed by atoms with Crippen LogP contribution >= 0.6 is 0 Å². The van der Waals surface area contributed by atoms with Crippen LogP contribution in [0.1, 0.15) is 5.76 Å². The van der Waals surface area contributed by atoms with Crippen molar-refractivity contribution >= 4 is 10.0 Å². The molecule has 0 saturated carbocycles. The van der Waals surface area contributed by atoms with Gasteiger partial charge in [-0.25, -0.2) is 12.7 Å². The van der Waals surface area contributed by atoms with Crippen LogP contribution in [0.4, 0.5) is 0 Å². The van der Waals surface area contributed by atoms with E-state index in [1.54, 1.807) is 12.4 Å². The normalized spacial score (nSPS) is 21.9. The summed E-state index contributed by atoms with van der Waals surface area (Å²) in [7, 11) is -0.331. The topological polar surface area (TPSA) is 99.8 Å². The number of rotatable bonds is 6. The molecule has 0 radical (unpaired) electrons. The number of aromatic nitrogens is 2. The molecule has 0 aliphatic carbocycles. The molecule has 9 heteroatoms. The number of hydrogen-bond acceptors (Lipinski definition) is 7. The number of pyridine rings is 1. The summed E-state index contributed by atoms with van der Waals surface area (Å²) in [6, 6.07) is 5.55. The van der Waals surface area contributed by atoms with Gasteiger partial charge in [0.15, 0.2) is 5.76 Å². The van der Waals surface area contributed by atoms with Crippen LogP contribution in [0.15, 0.2) is 35.1 Å². The van der Waals surface area contributed by atoms with E-state index in [-0.39, 0.29) is 11.7 Å². The summed E-state index contributed by atoms with van der Waals surface area (Å²) >= 11 is 0. The second-order valence-corrected chi connectivity index (χ2v) is 8.72. The fourth-order valence-corrected chi connectivity index (χ4v) is 4.09. The third-order valence-corrected chi connectivity index (χ3v) is 6.34. The number of β-amino-alcohol motifs (C(OH)–C–C–N with tert-alkyl or cyclic N) is 1. The molecular weight excluding hydrogens is 344 g/mol. The Hall–Kier alpha value is -1.81. The minimum atomic E-state index is -3.34. The number of sulfonamides is 1. The maximum absolute atomic E-state index is 12.0. The summed E-state index contributed by atoms with van der Waals surface area (Å²) in [5.74, 6) is 0.307. The molecule has 1 N–H and O–H groups in total. The number of aliphatic hydroxyl groups excluding tert-OH is 1. The first-order chi connectivity index (χ1) is 11.8. The number of likely N-dealkylation sites (tertiary alicyclic amines) is 1. The smallest absolute Gasteiger partial charge is 0.214 e. The zero-order chi connectivity index (χ0) is 18.0. The van der Waals surface area contributed by atoms with Crippen molar-refractivity contribution in [2.75, 3.05) is 32.9 Å². The number of nitrogens with zero attached hydrogens (tertiary/aromatic N) is 4. The highest BCUT2D eigenvalue weighted by Gasteiger charge is 2.35. The number of aliphatic hydroxyl groups is 1. The molecule has 1 saturated heterocycles. The molecule has 0 spiro atoms. The standard InChI is InChI=1S/C16H22N4O4S/c1-19(2)25(22,23)11-13-8-20(10-16(13)21)9-14-7-15(18-24-14)12-3-5-17-6-4-12/h3-7,13,16,21H,8-11H2,1-2H3/t13-,16-/m0/s1. The first-order valence-corrected chi connectivity index (χ1v) is 9.62. The largest absolute Gasteiger partial charge is 0.391 e. The summed E-state index contributed by atoms with van der Waals surface area (Å²) in [6.07, 6.45) is 2.71. The van der Waals surface area contributed by atoms with Gasteiger partial charge in [-0.3, -0.25) is 9.88 Å². The van der Waals surface area contributed by atoms with Crippen molar-refractivity contribution in [1.29, 1.82) is 0 Å². The highest BCUT2D eigenvalue weighted by atomic mass is 32.2. The van der Waals surface area contributed by atoms with E-state index in [0.29, 0.717) is 25.4 Å². The summed E-state index contributed by atoms with van der Waals surface area (Å²) in [6.45, 7) is 1.39. The fraction of sp³-hybridized carbons (Fsp3) is 0.500. The van der Waals surface area contributed by atoms with Crippen LogP contribution in [0.5, 0.6) is 0 Å². The lowest BCUT2D eigenvalue weighted by Gasteiger charge is -2.17. The second-order valence-electron chi connectivity index (χ2n) is 6.50. The second kappa shape index (κ2) is 7.20. The molecule has 0 bridgehead atoms. The lowest BCUT2D eigenvalue weighted by Crippen LogP contribution is -2.33. The minimum absolute atomic E-state index is 0.0592. The quantitative estimate of drug-likeness (QED) is 0.791. The Bertz CT molecular complexity index is 807. The Labute approximate surface area is 147 Å². The number of hydrogen-bond donors (Lipinski definition) is 1. The molecule has 2 aromatic rings. The first kappa shape index (κ1) is 18.0. The highest BCUT2D eigenvalue weighted by Crippen LogP contribution is 2.24. The van der Waals surface area contributed by atoms with Crippen molar-refractivity contribution in [2.24, 2.45) is 5.92 Å². The average molecular weight is 366 g/mol. The fourth-order valence-electron chi connectivity index (χ4n) is 2.92. The third-order valence-electron chi connectivity index (χ3n) is 4.38. The molecule has 2 atom stereocenters. The summed E-state index contributed by atoms with van der Waals surface area (Å²) < 4.78 is 30.6. The van der Waals surface area contributed by atoms with Crippen LogP contribution in [-0.4, -0.2) is 71.9 Å². The van der Waals surface area contributed by atoms with Crippen LogP contribution in [0.2, 0.25) is 0 Å². The van der Waals surface area contributed by atoms with E-state index in [1.807, 2.05) is 23.1 Å². The highest BCUT2D eigenvalue weighted by molar-refractivity contribution is 7.89. The van der Waals surface area contributed by atoms with Gasteiger partial charge in [-0.15, -0.1) is 0 Å². The van der Waals surface area contributed by atoms with Crippen LogP contribution in [0.25, 0.3) is 11.3 Å². The molecule has 0 amide bonds. The molecule has 3 heterocycles. The van der Waals surface area contributed by atoms with Gasteiger partial charge < -0.3 is 9.63 Å². The van der Waals surface area contributed by atoms with E-state index in [0.717, 1.165) is 11.3 Å². The Balaban J connectivity index is 1.62. The van der Waals surface area contributed by atoms with Crippen molar-refractivity contribution in [3.63, 3.8) is 0 Å². The predicted molar refractivity (Wildman–Crippen MR) is 92.0 cm³/mol. The predicted octanol–water partition coefficient (Wildman–Crippen LogP) is 0.421. The van der Waals surface area contributed by atoms with Crippen molar-refractivity contribution < 1.29 is 18.0 Å². The van der Waals surface area contributed by atoms with E-state index >= 15 is 0 Å².